The second-order valence-electron chi connectivity index (χ2n) is 4.52. The van der Waals surface area contributed by atoms with Crippen LogP contribution in [0.3, 0.4) is 0 Å². The molecule has 0 fully saturated rings. The molecule has 1 heterocycles. The number of nitrogens with zero attached hydrogens (tertiary/aromatic N) is 2. The summed E-state index contributed by atoms with van der Waals surface area (Å²) in [5.41, 5.74) is 7.04. The van der Waals surface area contributed by atoms with E-state index in [1.54, 1.807) is 13.8 Å². The van der Waals surface area contributed by atoms with E-state index in [4.69, 9.17) is 10.3 Å². The van der Waals surface area contributed by atoms with E-state index in [0.29, 0.717) is 11.5 Å². The monoisotopic (exact) mass is 290 g/mol. The maximum absolute atomic E-state index is 12.0. The number of carbonyl (C=O) groups excluding carboxylic acids is 1. The largest absolute Gasteiger partial charge is 0.393 e. The van der Waals surface area contributed by atoms with Crippen LogP contribution in [0.4, 0.5) is 11.4 Å². The summed E-state index contributed by atoms with van der Waals surface area (Å²) in [7, 11) is 0. The Morgan fingerprint density at radius 1 is 1.48 bits per heavy atom. The first-order chi connectivity index (χ1) is 9.90. The van der Waals surface area contributed by atoms with Crippen molar-refractivity contribution in [1.29, 1.82) is 0 Å². The second-order valence-corrected chi connectivity index (χ2v) is 4.52. The summed E-state index contributed by atoms with van der Waals surface area (Å²) < 4.78 is 5.00. The molecule has 8 nitrogen and oxygen atoms in total. The molecule has 2 aromatic rings. The van der Waals surface area contributed by atoms with Crippen molar-refractivity contribution in [3.63, 3.8) is 0 Å². The Balaban J connectivity index is 2.11. The highest BCUT2D eigenvalue weighted by molar-refractivity contribution is 5.95. The van der Waals surface area contributed by atoms with Crippen LogP contribution in [-0.2, 0) is 6.54 Å². The SMILES string of the molecule is Cc1noc(C)c1CNC(=O)c1ccc([N+](=O)[O-])c(N)c1. The van der Waals surface area contributed by atoms with Gasteiger partial charge in [-0.3, -0.25) is 14.9 Å². The van der Waals surface area contributed by atoms with E-state index in [1.165, 1.54) is 18.2 Å². The van der Waals surface area contributed by atoms with Crippen LogP contribution in [0.5, 0.6) is 0 Å². The Hall–Kier alpha value is -2.90. The van der Waals surface area contributed by atoms with Gasteiger partial charge in [0.25, 0.3) is 11.6 Å². The molecule has 3 N–H and O–H groups in total. The summed E-state index contributed by atoms with van der Waals surface area (Å²) in [4.78, 5) is 22.1. The van der Waals surface area contributed by atoms with Gasteiger partial charge in [-0.25, -0.2) is 0 Å². The van der Waals surface area contributed by atoms with Gasteiger partial charge in [0.1, 0.15) is 11.4 Å². The van der Waals surface area contributed by atoms with Gasteiger partial charge in [0.2, 0.25) is 0 Å². The van der Waals surface area contributed by atoms with Crippen molar-refractivity contribution >= 4 is 17.3 Å². The predicted molar refractivity (Wildman–Crippen MR) is 74.7 cm³/mol. The smallest absolute Gasteiger partial charge is 0.292 e. The molecule has 8 heteroatoms. The van der Waals surface area contributed by atoms with Gasteiger partial charge >= 0.3 is 0 Å². The van der Waals surface area contributed by atoms with Crippen molar-refractivity contribution in [3.05, 3.63) is 50.9 Å². The fraction of sp³-hybridized carbons (Fsp3) is 0.231. The van der Waals surface area contributed by atoms with E-state index in [2.05, 4.69) is 10.5 Å². The molecule has 0 aliphatic rings. The highest BCUT2D eigenvalue weighted by atomic mass is 16.6. The van der Waals surface area contributed by atoms with Crippen molar-refractivity contribution in [2.75, 3.05) is 5.73 Å². The van der Waals surface area contributed by atoms with Gasteiger partial charge in [0, 0.05) is 23.7 Å². The lowest BCUT2D eigenvalue weighted by Crippen LogP contribution is -2.23. The number of hydrogen-bond acceptors (Lipinski definition) is 6. The van der Waals surface area contributed by atoms with Gasteiger partial charge in [-0.1, -0.05) is 5.16 Å². The molecule has 0 unspecified atom stereocenters. The number of rotatable bonds is 4. The molecule has 0 bridgehead atoms. The van der Waals surface area contributed by atoms with E-state index < -0.39 is 4.92 Å². The summed E-state index contributed by atoms with van der Waals surface area (Å²) in [5.74, 6) is 0.257. The molecule has 1 aromatic heterocycles. The number of nitro groups is 1. The van der Waals surface area contributed by atoms with Crippen LogP contribution in [-0.4, -0.2) is 16.0 Å². The number of amides is 1. The predicted octanol–water partition coefficient (Wildman–Crippen LogP) is 1.71. The Labute approximate surface area is 120 Å². The first kappa shape index (κ1) is 14.5. The highest BCUT2D eigenvalue weighted by Crippen LogP contribution is 2.22. The number of nitrogens with one attached hydrogen (secondary N) is 1. The van der Waals surface area contributed by atoms with Gasteiger partial charge in [-0.15, -0.1) is 0 Å². The van der Waals surface area contributed by atoms with Crippen molar-refractivity contribution < 1.29 is 14.2 Å². The first-order valence-corrected chi connectivity index (χ1v) is 6.14. The highest BCUT2D eigenvalue weighted by Gasteiger charge is 2.15. The lowest BCUT2D eigenvalue weighted by atomic mass is 10.1. The van der Waals surface area contributed by atoms with Gasteiger partial charge in [-0.05, 0) is 26.0 Å². The summed E-state index contributed by atoms with van der Waals surface area (Å²) in [6.45, 7) is 3.80. The Kier molecular flexibility index (Phi) is 3.88. The normalized spacial score (nSPS) is 10.4. The molecular formula is C13H14N4O4. The van der Waals surface area contributed by atoms with Gasteiger partial charge in [0.05, 0.1) is 10.6 Å². The van der Waals surface area contributed by atoms with Gasteiger partial charge in [0.15, 0.2) is 0 Å². The summed E-state index contributed by atoms with van der Waals surface area (Å²) in [6, 6.07) is 3.85. The molecule has 2 rings (SSSR count). The number of aryl methyl sites for hydroxylation is 2. The van der Waals surface area contributed by atoms with Gasteiger partial charge < -0.3 is 15.6 Å². The lowest BCUT2D eigenvalue weighted by molar-refractivity contribution is -0.383. The zero-order valence-corrected chi connectivity index (χ0v) is 11.5. The third-order valence-corrected chi connectivity index (χ3v) is 3.09. The number of aromatic nitrogens is 1. The number of nitro benzene ring substituents is 1. The summed E-state index contributed by atoms with van der Waals surface area (Å²) >= 11 is 0. The van der Waals surface area contributed by atoms with Crippen LogP contribution >= 0.6 is 0 Å². The Bertz CT molecular complexity index is 689. The first-order valence-electron chi connectivity index (χ1n) is 6.14. The topological polar surface area (TPSA) is 124 Å². The molecule has 0 saturated heterocycles. The number of carbonyl (C=O) groups is 1. The molecule has 0 atom stereocenters. The minimum atomic E-state index is -0.596. The van der Waals surface area contributed by atoms with Crippen molar-refractivity contribution in [3.8, 4) is 0 Å². The minimum Gasteiger partial charge on any atom is -0.393 e. The van der Waals surface area contributed by atoms with Crippen molar-refractivity contribution in [2.45, 2.75) is 20.4 Å². The van der Waals surface area contributed by atoms with Gasteiger partial charge in [-0.2, -0.15) is 0 Å². The van der Waals surface area contributed by atoms with E-state index in [-0.39, 0.29) is 29.4 Å². The Morgan fingerprint density at radius 2 is 2.19 bits per heavy atom. The molecule has 0 radical (unpaired) electrons. The quantitative estimate of drug-likeness (QED) is 0.501. The molecular weight excluding hydrogens is 276 g/mol. The third kappa shape index (κ3) is 2.99. The van der Waals surface area contributed by atoms with Crippen LogP contribution in [0.1, 0.15) is 27.4 Å². The maximum Gasteiger partial charge on any atom is 0.292 e. The molecule has 110 valence electrons. The molecule has 0 spiro atoms. The number of anilines is 1. The third-order valence-electron chi connectivity index (χ3n) is 3.09. The van der Waals surface area contributed by atoms with E-state index in [0.717, 1.165) is 5.56 Å². The van der Waals surface area contributed by atoms with E-state index >= 15 is 0 Å². The lowest BCUT2D eigenvalue weighted by Gasteiger charge is -2.06. The molecule has 0 aliphatic heterocycles. The number of hydrogen-bond donors (Lipinski definition) is 2. The number of nitrogen functional groups attached to an aromatic ring is 1. The Morgan fingerprint density at radius 3 is 2.71 bits per heavy atom. The van der Waals surface area contributed by atoms with Crippen LogP contribution in [0.15, 0.2) is 22.7 Å². The molecule has 1 amide bonds. The molecule has 0 saturated carbocycles. The van der Waals surface area contributed by atoms with Crippen LogP contribution < -0.4 is 11.1 Å². The van der Waals surface area contributed by atoms with Crippen molar-refractivity contribution in [2.24, 2.45) is 0 Å². The zero-order valence-electron chi connectivity index (χ0n) is 11.5. The van der Waals surface area contributed by atoms with E-state index in [9.17, 15) is 14.9 Å². The standard InChI is InChI=1S/C13H14N4O4/c1-7-10(8(2)21-16-7)6-15-13(18)9-3-4-12(17(19)20)11(14)5-9/h3-5H,6,14H2,1-2H3,(H,15,18). The van der Waals surface area contributed by atoms with Crippen molar-refractivity contribution in [1.82, 2.24) is 10.5 Å². The molecule has 0 aliphatic carbocycles. The van der Waals surface area contributed by atoms with Crippen LogP contribution in [0, 0.1) is 24.0 Å². The zero-order chi connectivity index (χ0) is 15.6. The minimum absolute atomic E-state index is 0.0509. The maximum atomic E-state index is 12.0. The average Bonchev–Trinajstić information content (AvgIpc) is 2.75. The van der Waals surface area contributed by atoms with Crippen LogP contribution in [0.2, 0.25) is 0 Å². The fourth-order valence-electron chi connectivity index (χ4n) is 1.89. The number of benzene rings is 1. The summed E-state index contributed by atoms with van der Waals surface area (Å²) in [5, 5.41) is 17.2. The molecule has 1 aromatic carbocycles. The van der Waals surface area contributed by atoms with Crippen LogP contribution in [0.25, 0.3) is 0 Å². The second kappa shape index (κ2) is 5.61. The average molecular weight is 290 g/mol. The molecule has 21 heavy (non-hydrogen) atoms. The van der Waals surface area contributed by atoms with E-state index in [1.807, 2.05) is 0 Å². The fourth-order valence-corrected chi connectivity index (χ4v) is 1.89. The summed E-state index contributed by atoms with van der Waals surface area (Å²) in [6.07, 6.45) is 0. The number of nitrogens with two attached hydrogens (primary N) is 1.